The van der Waals surface area contributed by atoms with Gasteiger partial charge >= 0.3 is 0 Å². The molecule has 1 aliphatic rings. The average molecular weight is 351 g/mol. The highest BCUT2D eigenvalue weighted by molar-refractivity contribution is 9.10. The van der Waals surface area contributed by atoms with Crippen molar-refractivity contribution in [2.75, 3.05) is 13.2 Å². The zero-order valence-electron chi connectivity index (χ0n) is 12.1. The van der Waals surface area contributed by atoms with Gasteiger partial charge in [-0.25, -0.2) is 4.98 Å². The van der Waals surface area contributed by atoms with Crippen LogP contribution >= 0.6 is 15.9 Å². The molecule has 0 radical (unpaired) electrons. The summed E-state index contributed by atoms with van der Waals surface area (Å²) in [5, 5.41) is 0. The number of imidazole rings is 1. The summed E-state index contributed by atoms with van der Waals surface area (Å²) in [5.41, 5.74) is 2.30. The number of rotatable bonds is 5. The first kappa shape index (κ1) is 14.8. The first-order chi connectivity index (χ1) is 10.2. The first-order valence-corrected chi connectivity index (χ1v) is 7.95. The maximum absolute atomic E-state index is 5.92. The van der Waals surface area contributed by atoms with Crippen LogP contribution in [0.5, 0.6) is 0 Å². The second kappa shape index (κ2) is 6.30. The van der Waals surface area contributed by atoms with Crippen LogP contribution in [0.3, 0.4) is 0 Å². The molecule has 1 aliphatic heterocycles. The van der Waals surface area contributed by atoms with Crippen molar-refractivity contribution in [1.29, 1.82) is 0 Å². The third-order valence-electron chi connectivity index (χ3n) is 3.71. The van der Waals surface area contributed by atoms with Crippen molar-refractivity contribution < 1.29 is 9.47 Å². The van der Waals surface area contributed by atoms with Crippen LogP contribution < -0.4 is 0 Å². The molecule has 0 saturated carbocycles. The highest BCUT2D eigenvalue weighted by atomic mass is 79.9. The lowest BCUT2D eigenvalue weighted by atomic mass is 10.0. The minimum atomic E-state index is -0.528. The average Bonchev–Trinajstić information content (AvgIpc) is 3.09. The van der Waals surface area contributed by atoms with Crippen LogP contribution in [0.15, 0.2) is 41.3 Å². The van der Waals surface area contributed by atoms with Gasteiger partial charge in [-0.1, -0.05) is 28.1 Å². The second-order valence-corrected chi connectivity index (χ2v) is 6.34. The Kier molecular flexibility index (Phi) is 4.42. The second-order valence-electron chi connectivity index (χ2n) is 5.42. The molecule has 2 aromatic rings. The Bertz CT molecular complexity index is 589. The van der Waals surface area contributed by atoms with Gasteiger partial charge in [-0.3, -0.25) is 0 Å². The summed E-state index contributed by atoms with van der Waals surface area (Å²) >= 11 is 3.46. The van der Waals surface area contributed by atoms with Gasteiger partial charge in [0.2, 0.25) is 0 Å². The Morgan fingerprint density at radius 2 is 1.95 bits per heavy atom. The largest absolute Gasteiger partial charge is 0.346 e. The predicted molar refractivity (Wildman–Crippen MR) is 84.1 cm³/mol. The summed E-state index contributed by atoms with van der Waals surface area (Å²) in [6, 6.07) is 8.40. The molecule has 3 rings (SSSR count). The van der Waals surface area contributed by atoms with Crippen LogP contribution in [0.1, 0.15) is 17.7 Å². The van der Waals surface area contributed by atoms with Crippen molar-refractivity contribution in [2.24, 2.45) is 0 Å². The third-order valence-corrected chi connectivity index (χ3v) is 4.24. The summed E-state index contributed by atoms with van der Waals surface area (Å²) in [6.45, 7) is 3.99. The summed E-state index contributed by atoms with van der Waals surface area (Å²) in [4.78, 5) is 4.26. The van der Waals surface area contributed by atoms with Gasteiger partial charge < -0.3 is 14.0 Å². The van der Waals surface area contributed by atoms with E-state index in [4.69, 9.17) is 9.47 Å². The van der Waals surface area contributed by atoms with E-state index in [0.29, 0.717) is 19.8 Å². The molecule has 112 valence electrons. The number of benzene rings is 1. The minimum absolute atomic E-state index is 0.528. The fourth-order valence-electron chi connectivity index (χ4n) is 2.63. The quantitative estimate of drug-likeness (QED) is 0.829. The van der Waals surface area contributed by atoms with Crippen molar-refractivity contribution in [1.82, 2.24) is 9.55 Å². The number of aromatic nitrogens is 2. The van der Waals surface area contributed by atoms with Crippen molar-refractivity contribution in [3.05, 3.63) is 52.5 Å². The Labute approximate surface area is 133 Å². The topological polar surface area (TPSA) is 36.3 Å². The first-order valence-electron chi connectivity index (χ1n) is 7.16. The molecule has 0 N–H and O–H groups in total. The lowest BCUT2D eigenvalue weighted by molar-refractivity contribution is -0.171. The van der Waals surface area contributed by atoms with Crippen molar-refractivity contribution in [3.8, 4) is 0 Å². The molecule has 0 atom stereocenters. The monoisotopic (exact) mass is 350 g/mol. The van der Waals surface area contributed by atoms with Crippen molar-refractivity contribution in [3.63, 3.8) is 0 Å². The number of hydrogen-bond acceptors (Lipinski definition) is 3. The number of nitrogens with zero attached hydrogens (tertiary/aromatic N) is 2. The number of aryl methyl sites for hydroxylation is 2. The van der Waals surface area contributed by atoms with Gasteiger partial charge in [-0.2, -0.15) is 0 Å². The molecule has 5 heteroatoms. The van der Waals surface area contributed by atoms with Crippen LogP contribution in [0.2, 0.25) is 0 Å². The molecule has 0 bridgehead atoms. The van der Waals surface area contributed by atoms with E-state index >= 15 is 0 Å². The van der Waals surface area contributed by atoms with Gasteiger partial charge in [0.1, 0.15) is 0 Å². The molecule has 4 nitrogen and oxygen atoms in total. The zero-order valence-corrected chi connectivity index (χ0v) is 13.7. The summed E-state index contributed by atoms with van der Waals surface area (Å²) < 4.78 is 15.0. The molecular weight excluding hydrogens is 332 g/mol. The van der Waals surface area contributed by atoms with Crippen molar-refractivity contribution >= 4 is 15.9 Å². The summed E-state index contributed by atoms with van der Waals surface area (Å²) in [7, 11) is 0. The molecule has 1 saturated heterocycles. The van der Waals surface area contributed by atoms with E-state index in [0.717, 1.165) is 23.0 Å². The SMILES string of the molecule is Cc1cn(CC2(CCc3ccc(Br)cc3)OCCO2)cn1. The molecule has 1 aromatic carbocycles. The zero-order chi connectivity index (χ0) is 14.7. The van der Waals surface area contributed by atoms with E-state index in [1.54, 1.807) is 0 Å². The Balaban J connectivity index is 1.67. The van der Waals surface area contributed by atoms with Crippen molar-refractivity contribution in [2.45, 2.75) is 32.1 Å². The number of hydrogen-bond donors (Lipinski definition) is 0. The fourth-order valence-corrected chi connectivity index (χ4v) is 2.90. The molecule has 0 amide bonds. The van der Waals surface area contributed by atoms with E-state index in [9.17, 15) is 0 Å². The molecule has 0 spiro atoms. The van der Waals surface area contributed by atoms with Gasteiger partial charge in [-0.15, -0.1) is 0 Å². The highest BCUT2D eigenvalue weighted by Gasteiger charge is 2.36. The van der Waals surface area contributed by atoms with Crippen LogP contribution in [-0.4, -0.2) is 28.6 Å². The van der Waals surface area contributed by atoms with Crippen LogP contribution in [0, 0.1) is 6.92 Å². The van der Waals surface area contributed by atoms with E-state index in [1.165, 1.54) is 5.56 Å². The normalized spacial score (nSPS) is 17.2. The van der Waals surface area contributed by atoms with Gasteiger partial charge in [0, 0.05) is 17.1 Å². The molecule has 1 aromatic heterocycles. The van der Waals surface area contributed by atoms with E-state index in [1.807, 2.05) is 24.0 Å². The van der Waals surface area contributed by atoms with E-state index in [2.05, 4.69) is 45.2 Å². The van der Waals surface area contributed by atoms with Gasteiger partial charge in [0.05, 0.1) is 31.8 Å². The molecule has 0 aliphatic carbocycles. The summed E-state index contributed by atoms with van der Waals surface area (Å²) in [6.07, 6.45) is 5.63. The van der Waals surface area contributed by atoms with Gasteiger partial charge in [0.25, 0.3) is 0 Å². The Morgan fingerprint density at radius 3 is 2.57 bits per heavy atom. The number of halogens is 1. The lowest BCUT2D eigenvalue weighted by Gasteiger charge is -2.27. The maximum Gasteiger partial charge on any atom is 0.186 e. The Hall–Kier alpha value is -1.17. The standard InChI is InChI=1S/C16H19BrN2O2/c1-13-10-19(12-18-13)11-16(20-8-9-21-16)7-6-14-2-4-15(17)5-3-14/h2-5,10,12H,6-9,11H2,1H3. The smallest absolute Gasteiger partial charge is 0.186 e. The van der Waals surface area contributed by atoms with Gasteiger partial charge in [-0.05, 0) is 31.0 Å². The molecule has 1 fully saturated rings. The lowest BCUT2D eigenvalue weighted by Crippen LogP contribution is -2.35. The molecule has 0 unspecified atom stereocenters. The summed E-state index contributed by atoms with van der Waals surface area (Å²) in [5.74, 6) is -0.528. The predicted octanol–water partition coefficient (Wildman–Crippen LogP) is 3.33. The van der Waals surface area contributed by atoms with Gasteiger partial charge in [0.15, 0.2) is 5.79 Å². The highest BCUT2D eigenvalue weighted by Crippen LogP contribution is 2.28. The maximum atomic E-state index is 5.92. The molecule has 2 heterocycles. The minimum Gasteiger partial charge on any atom is -0.346 e. The molecular formula is C16H19BrN2O2. The van der Waals surface area contributed by atoms with Crippen LogP contribution in [0.25, 0.3) is 0 Å². The third kappa shape index (κ3) is 3.73. The van der Waals surface area contributed by atoms with Crippen LogP contribution in [-0.2, 0) is 22.4 Å². The Morgan fingerprint density at radius 1 is 1.24 bits per heavy atom. The molecule has 21 heavy (non-hydrogen) atoms. The fraction of sp³-hybridized carbons (Fsp3) is 0.438. The van der Waals surface area contributed by atoms with Crippen LogP contribution in [0.4, 0.5) is 0 Å². The number of ether oxygens (including phenoxy) is 2. The van der Waals surface area contributed by atoms with E-state index < -0.39 is 5.79 Å². The van der Waals surface area contributed by atoms with E-state index in [-0.39, 0.29) is 0 Å².